The standard InChI is InChI=1S/C17H11NS/c18-12-13-3-5-14(6-4-13)15-7-9-16(10-8-15)17-2-1-11-19-17/h1-11H. The molecular formula is C17H11NS. The van der Waals surface area contributed by atoms with Crippen LogP contribution >= 0.6 is 11.3 Å². The Hall–Kier alpha value is -2.37. The van der Waals surface area contributed by atoms with Gasteiger partial charge in [0.05, 0.1) is 11.6 Å². The maximum Gasteiger partial charge on any atom is 0.0991 e. The summed E-state index contributed by atoms with van der Waals surface area (Å²) in [4.78, 5) is 1.28. The third-order valence-corrected chi connectivity index (χ3v) is 3.96. The van der Waals surface area contributed by atoms with Crippen LogP contribution in [0.4, 0.5) is 0 Å². The number of hydrogen-bond donors (Lipinski definition) is 0. The van der Waals surface area contributed by atoms with Crippen molar-refractivity contribution in [2.45, 2.75) is 0 Å². The summed E-state index contributed by atoms with van der Waals surface area (Å²) in [5.74, 6) is 0. The van der Waals surface area contributed by atoms with Crippen LogP contribution in [0.2, 0.25) is 0 Å². The van der Waals surface area contributed by atoms with Crippen molar-refractivity contribution >= 4 is 11.3 Å². The number of nitriles is 1. The number of rotatable bonds is 2. The fourth-order valence-electron chi connectivity index (χ4n) is 2.01. The normalized spacial score (nSPS) is 10.1. The van der Waals surface area contributed by atoms with Crippen molar-refractivity contribution in [3.63, 3.8) is 0 Å². The van der Waals surface area contributed by atoms with Crippen molar-refractivity contribution < 1.29 is 0 Å². The molecule has 3 rings (SSSR count). The summed E-state index contributed by atoms with van der Waals surface area (Å²) < 4.78 is 0. The van der Waals surface area contributed by atoms with Crippen molar-refractivity contribution in [1.29, 1.82) is 5.26 Å². The molecule has 0 aliphatic heterocycles. The van der Waals surface area contributed by atoms with Gasteiger partial charge < -0.3 is 0 Å². The first kappa shape index (κ1) is 11.7. The average Bonchev–Trinajstić information content (AvgIpc) is 3.02. The molecule has 1 aromatic heterocycles. The highest BCUT2D eigenvalue weighted by Gasteiger charge is 2.01. The van der Waals surface area contributed by atoms with Gasteiger partial charge in [-0.1, -0.05) is 42.5 Å². The van der Waals surface area contributed by atoms with Crippen LogP contribution in [0.3, 0.4) is 0 Å². The van der Waals surface area contributed by atoms with Gasteiger partial charge in [-0.2, -0.15) is 5.26 Å². The van der Waals surface area contributed by atoms with E-state index < -0.39 is 0 Å². The van der Waals surface area contributed by atoms with E-state index in [0.29, 0.717) is 5.56 Å². The molecule has 1 nitrogen and oxygen atoms in total. The van der Waals surface area contributed by atoms with E-state index in [1.165, 1.54) is 16.0 Å². The quantitative estimate of drug-likeness (QED) is 0.640. The fourth-order valence-corrected chi connectivity index (χ4v) is 2.74. The maximum atomic E-state index is 8.79. The molecule has 0 amide bonds. The van der Waals surface area contributed by atoms with Gasteiger partial charge in [0.1, 0.15) is 0 Å². The molecule has 2 heteroatoms. The second-order valence-corrected chi connectivity index (χ2v) is 5.19. The van der Waals surface area contributed by atoms with Crippen LogP contribution in [-0.4, -0.2) is 0 Å². The molecule has 0 saturated carbocycles. The highest BCUT2D eigenvalue weighted by molar-refractivity contribution is 7.13. The summed E-state index contributed by atoms with van der Waals surface area (Å²) in [6, 6.07) is 22.5. The molecule has 2 aromatic carbocycles. The highest BCUT2D eigenvalue weighted by Crippen LogP contribution is 2.27. The van der Waals surface area contributed by atoms with E-state index in [9.17, 15) is 0 Å². The zero-order valence-corrected chi connectivity index (χ0v) is 11.0. The molecule has 3 aromatic rings. The van der Waals surface area contributed by atoms with Gasteiger partial charge >= 0.3 is 0 Å². The van der Waals surface area contributed by atoms with Gasteiger partial charge in [0, 0.05) is 4.88 Å². The monoisotopic (exact) mass is 261 g/mol. The number of nitrogens with zero attached hydrogens (tertiary/aromatic N) is 1. The predicted molar refractivity (Wildman–Crippen MR) is 79.9 cm³/mol. The van der Waals surface area contributed by atoms with Gasteiger partial charge in [-0.3, -0.25) is 0 Å². The molecule has 90 valence electrons. The summed E-state index contributed by atoms with van der Waals surface area (Å²) in [6.45, 7) is 0. The molecule has 0 fully saturated rings. The van der Waals surface area contributed by atoms with E-state index in [0.717, 1.165) is 5.56 Å². The van der Waals surface area contributed by atoms with Crippen LogP contribution in [0.1, 0.15) is 5.56 Å². The molecule has 0 spiro atoms. The summed E-state index contributed by atoms with van der Waals surface area (Å²) >= 11 is 1.75. The van der Waals surface area contributed by atoms with Crippen LogP contribution in [0, 0.1) is 11.3 Å². The van der Waals surface area contributed by atoms with E-state index in [2.05, 4.69) is 47.8 Å². The SMILES string of the molecule is N#Cc1ccc(-c2ccc(-c3cccs3)cc2)cc1. The number of benzene rings is 2. The Labute approximate surface area is 116 Å². The lowest BCUT2D eigenvalue weighted by atomic mass is 10.0. The lowest BCUT2D eigenvalue weighted by molar-refractivity contribution is 1.48. The zero-order chi connectivity index (χ0) is 13.1. The van der Waals surface area contributed by atoms with E-state index in [4.69, 9.17) is 5.26 Å². The smallest absolute Gasteiger partial charge is 0.0991 e. The summed E-state index contributed by atoms with van der Waals surface area (Å²) in [7, 11) is 0. The van der Waals surface area contributed by atoms with Crippen LogP contribution < -0.4 is 0 Å². The molecule has 0 atom stereocenters. The Kier molecular flexibility index (Phi) is 3.14. The third-order valence-electron chi connectivity index (χ3n) is 3.04. The summed E-state index contributed by atoms with van der Waals surface area (Å²) in [5, 5.41) is 10.9. The Morgan fingerprint density at radius 1 is 0.737 bits per heavy atom. The van der Waals surface area contributed by atoms with Crippen molar-refractivity contribution in [2.24, 2.45) is 0 Å². The van der Waals surface area contributed by atoms with Crippen molar-refractivity contribution in [3.8, 4) is 27.6 Å². The molecule has 1 heterocycles. The van der Waals surface area contributed by atoms with E-state index in [-0.39, 0.29) is 0 Å². The first-order valence-electron chi connectivity index (χ1n) is 6.01. The van der Waals surface area contributed by atoms with Crippen molar-refractivity contribution in [3.05, 3.63) is 71.6 Å². The molecule has 19 heavy (non-hydrogen) atoms. The topological polar surface area (TPSA) is 23.8 Å². The van der Waals surface area contributed by atoms with Gasteiger partial charge in [0.2, 0.25) is 0 Å². The van der Waals surface area contributed by atoms with Crippen LogP contribution in [0.15, 0.2) is 66.0 Å². The minimum Gasteiger partial charge on any atom is -0.192 e. The van der Waals surface area contributed by atoms with Gasteiger partial charge in [-0.25, -0.2) is 0 Å². The van der Waals surface area contributed by atoms with Gasteiger partial charge in [0.15, 0.2) is 0 Å². The van der Waals surface area contributed by atoms with E-state index in [1.807, 2.05) is 24.3 Å². The highest BCUT2D eigenvalue weighted by atomic mass is 32.1. The van der Waals surface area contributed by atoms with Crippen LogP contribution in [0.5, 0.6) is 0 Å². The summed E-state index contributed by atoms with van der Waals surface area (Å²) in [6.07, 6.45) is 0. The van der Waals surface area contributed by atoms with Gasteiger partial charge in [0.25, 0.3) is 0 Å². The number of thiophene rings is 1. The first-order chi connectivity index (χ1) is 9.36. The molecule has 0 aliphatic rings. The minimum absolute atomic E-state index is 0.693. The molecule has 0 saturated heterocycles. The molecule has 0 unspecified atom stereocenters. The molecule has 0 bridgehead atoms. The molecule has 0 N–H and O–H groups in total. The largest absolute Gasteiger partial charge is 0.192 e. The van der Waals surface area contributed by atoms with Gasteiger partial charge in [-0.15, -0.1) is 11.3 Å². The van der Waals surface area contributed by atoms with Gasteiger partial charge in [-0.05, 0) is 40.3 Å². The lowest BCUT2D eigenvalue weighted by Crippen LogP contribution is -1.79. The molecular weight excluding hydrogens is 250 g/mol. The second-order valence-electron chi connectivity index (χ2n) is 4.24. The average molecular weight is 261 g/mol. The second kappa shape index (κ2) is 5.09. The van der Waals surface area contributed by atoms with Crippen LogP contribution in [0.25, 0.3) is 21.6 Å². The van der Waals surface area contributed by atoms with E-state index >= 15 is 0 Å². The Morgan fingerprint density at radius 3 is 1.84 bits per heavy atom. The fraction of sp³-hybridized carbons (Fsp3) is 0. The maximum absolute atomic E-state index is 8.79. The van der Waals surface area contributed by atoms with E-state index in [1.54, 1.807) is 11.3 Å². The number of hydrogen-bond acceptors (Lipinski definition) is 2. The summed E-state index contributed by atoms with van der Waals surface area (Å²) in [5.41, 5.74) is 4.24. The Balaban J connectivity index is 1.92. The minimum atomic E-state index is 0.693. The van der Waals surface area contributed by atoms with Crippen molar-refractivity contribution in [2.75, 3.05) is 0 Å². The van der Waals surface area contributed by atoms with Crippen LogP contribution in [-0.2, 0) is 0 Å². The molecule has 0 aliphatic carbocycles. The zero-order valence-electron chi connectivity index (χ0n) is 10.2. The first-order valence-corrected chi connectivity index (χ1v) is 6.89. The predicted octanol–water partition coefficient (Wildman–Crippen LogP) is 4.95. The Bertz CT molecular complexity index is 701. The Morgan fingerprint density at radius 2 is 1.32 bits per heavy atom. The molecule has 0 radical (unpaired) electrons. The van der Waals surface area contributed by atoms with Crippen molar-refractivity contribution in [1.82, 2.24) is 0 Å². The third kappa shape index (κ3) is 2.42. The lowest BCUT2D eigenvalue weighted by Gasteiger charge is -2.03.